The highest BCUT2D eigenvalue weighted by molar-refractivity contribution is 5.89. The maximum Gasteiger partial charge on any atom is 0.306 e. The molecule has 1 aliphatic rings. The molecule has 0 unspecified atom stereocenters. The van der Waals surface area contributed by atoms with Crippen molar-refractivity contribution in [3.05, 3.63) is 35.8 Å². The number of benzene rings is 1. The van der Waals surface area contributed by atoms with Crippen LogP contribution < -0.4 is 5.32 Å². The fraction of sp³-hybridized carbons (Fsp3) is 0.375. The molecule has 1 saturated carbocycles. The summed E-state index contributed by atoms with van der Waals surface area (Å²) in [6.45, 7) is 0. The van der Waals surface area contributed by atoms with E-state index in [1.165, 1.54) is 12.1 Å². The monoisotopic (exact) mass is 304 g/mol. The van der Waals surface area contributed by atoms with Gasteiger partial charge in [0.05, 0.1) is 12.3 Å². The van der Waals surface area contributed by atoms with Gasteiger partial charge in [-0.25, -0.2) is 4.39 Å². The highest BCUT2D eigenvalue weighted by atomic mass is 19.1. The number of aromatic amines is 1. The Balaban J connectivity index is 1.63. The second kappa shape index (κ2) is 5.79. The van der Waals surface area contributed by atoms with Crippen molar-refractivity contribution in [1.82, 2.24) is 10.3 Å². The Morgan fingerprint density at radius 2 is 2.18 bits per heavy atom. The Morgan fingerprint density at radius 1 is 1.36 bits per heavy atom. The van der Waals surface area contributed by atoms with Crippen LogP contribution in [0.15, 0.2) is 24.4 Å². The van der Waals surface area contributed by atoms with Crippen molar-refractivity contribution in [2.75, 3.05) is 0 Å². The summed E-state index contributed by atoms with van der Waals surface area (Å²) < 4.78 is 13.1. The molecule has 2 aromatic rings. The van der Waals surface area contributed by atoms with Gasteiger partial charge in [-0.2, -0.15) is 0 Å². The molecule has 1 aromatic heterocycles. The van der Waals surface area contributed by atoms with Crippen LogP contribution in [0.5, 0.6) is 0 Å². The van der Waals surface area contributed by atoms with Gasteiger partial charge >= 0.3 is 5.97 Å². The second-order valence-corrected chi connectivity index (χ2v) is 5.79. The molecule has 22 heavy (non-hydrogen) atoms. The predicted molar refractivity (Wildman–Crippen MR) is 78.9 cm³/mol. The van der Waals surface area contributed by atoms with Gasteiger partial charge in [-0.1, -0.05) is 0 Å². The highest BCUT2D eigenvalue weighted by Gasteiger charge is 2.30. The van der Waals surface area contributed by atoms with E-state index in [4.69, 9.17) is 5.11 Å². The van der Waals surface area contributed by atoms with E-state index >= 15 is 0 Å². The second-order valence-electron chi connectivity index (χ2n) is 5.79. The molecule has 1 aliphatic carbocycles. The summed E-state index contributed by atoms with van der Waals surface area (Å²) in [6.07, 6.45) is 3.69. The van der Waals surface area contributed by atoms with Gasteiger partial charge in [-0.3, -0.25) is 9.59 Å². The minimum Gasteiger partial charge on any atom is -0.481 e. The molecular weight excluding hydrogens is 287 g/mol. The zero-order valence-corrected chi connectivity index (χ0v) is 11.9. The molecule has 3 N–H and O–H groups in total. The molecule has 2 atom stereocenters. The van der Waals surface area contributed by atoms with Crippen LogP contribution >= 0.6 is 0 Å². The normalized spacial score (nSPS) is 21.1. The molecule has 1 heterocycles. The van der Waals surface area contributed by atoms with E-state index in [2.05, 4.69) is 10.3 Å². The fourth-order valence-electron chi connectivity index (χ4n) is 3.09. The zero-order valence-electron chi connectivity index (χ0n) is 11.9. The van der Waals surface area contributed by atoms with Crippen molar-refractivity contribution < 1.29 is 19.1 Å². The number of halogens is 1. The van der Waals surface area contributed by atoms with Crippen LogP contribution in [0.2, 0.25) is 0 Å². The standard InChI is InChI=1S/C16H17FN2O3/c17-11-2-4-13-10(8-18-14(13)7-11)6-15(20)19-12-3-1-9(5-12)16(21)22/h2,4,7-9,12,18H,1,3,5-6H2,(H,19,20)(H,21,22)/t9-,12+/m1/s1. The van der Waals surface area contributed by atoms with E-state index in [0.29, 0.717) is 24.8 Å². The molecule has 0 spiro atoms. The number of hydrogen-bond acceptors (Lipinski definition) is 2. The lowest BCUT2D eigenvalue weighted by Gasteiger charge is -2.12. The first-order chi connectivity index (χ1) is 10.5. The molecule has 6 heteroatoms. The minimum absolute atomic E-state index is 0.0729. The van der Waals surface area contributed by atoms with Crippen LogP contribution in [0.3, 0.4) is 0 Å². The van der Waals surface area contributed by atoms with Crippen LogP contribution in [0.1, 0.15) is 24.8 Å². The number of hydrogen-bond donors (Lipinski definition) is 3. The maximum absolute atomic E-state index is 13.1. The van der Waals surface area contributed by atoms with Crippen LogP contribution in [0.4, 0.5) is 4.39 Å². The first-order valence-corrected chi connectivity index (χ1v) is 7.30. The SMILES string of the molecule is O=C(Cc1c[nH]c2cc(F)ccc12)N[C@H]1CC[C@@H](C(=O)O)C1. The van der Waals surface area contributed by atoms with E-state index in [1.54, 1.807) is 12.3 Å². The first kappa shape index (κ1) is 14.6. The van der Waals surface area contributed by atoms with Crippen molar-refractivity contribution in [3.63, 3.8) is 0 Å². The quantitative estimate of drug-likeness (QED) is 0.810. The van der Waals surface area contributed by atoms with Crippen LogP contribution in [0, 0.1) is 11.7 Å². The van der Waals surface area contributed by atoms with Crippen LogP contribution in [-0.2, 0) is 16.0 Å². The molecule has 1 aromatic carbocycles. The molecule has 1 fully saturated rings. The molecular formula is C16H17FN2O3. The van der Waals surface area contributed by atoms with Gasteiger partial charge in [-0.15, -0.1) is 0 Å². The lowest BCUT2D eigenvalue weighted by Crippen LogP contribution is -2.34. The molecule has 3 rings (SSSR count). The number of rotatable bonds is 4. The topological polar surface area (TPSA) is 82.2 Å². The van der Waals surface area contributed by atoms with Gasteiger partial charge in [0, 0.05) is 23.1 Å². The summed E-state index contributed by atoms with van der Waals surface area (Å²) in [5, 5.41) is 12.7. The Labute approximate surface area is 126 Å². The number of carbonyl (C=O) groups excluding carboxylic acids is 1. The number of amides is 1. The fourth-order valence-corrected chi connectivity index (χ4v) is 3.09. The number of H-pyrrole nitrogens is 1. The van der Waals surface area contributed by atoms with Crippen LogP contribution in [0.25, 0.3) is 10.9 Å². The number of aromatic nitrogens is 1. The average molecular weight is 304 g/mol. The number of fused-ring (bicyclic) bond motifs is 1. The zero-order chi connectivity index (χ0) is 15.7. The number of carbonyl (C=O) groups is 2. The van der Waals surface area contributed by atoms with Crippen molar-refractivity contribution >= 4 is 22.8 Å². The Bertz CT molecular complexity index is 725. The maximum atomic E-state index is 13.1. The lowest BCUT2D eigenvalue weighted by atomic mass is 10.1. The summed E-state index contributed by atoms with van der Waals surface area (Å²) in [7, 11) is 0. The van der Waals surface area contributed by atoms with E-state index in [9.17, 15) is 14.0 Å². The average Bonchev–Trinajstić information content (AvgIpc) is 3.06. The van der Waals surface area contributed by atoms with Gasteiger partial charge in [0.1, 0.15) is 5.82 Å². The first-order valence-electron chi connectivity index (χ1n) is 7.30. The van der Waals surface area contributed by atoms with Gasteiger partial charge in [-0.05, 0) is 43.0 Å². The lowest BCUT2D eigenvalue weighted by molar-refractivity contribution is -0.141. The molecule has 0 radical (unpaired) electrons. The van der Waals surface area contributed by atoms with Gasteiger partial charge in [0.25, 0.3) is 0 Å². The summed E-state index contributed by atoms with van der Waals surface area (Å²) >= 11 is 0. The number of nitrogens with one attached hydrogen (secondary N) is 2. The number of aliphatic carboxylic acids is 1. The third kappa shape index (κ3) is 2.95. The van der Waals surface area contributed by atoms with Crippen molar-refractivity contribution in [1.29, 1.82) is 0 Å². The number of carboxylic acid groups (broad SMARTS) is 1. The molecule has 1 amide bonds. The van der Waals surface area contributed by atoms with Crippen molar-refractivity contribution in [3.8, 4) is 0 Å². The summed E-state index contributed by atoms with van der Waals surface area (Å²) in [6, 6.07) is 4.34. The van der Waals surface area contributed by atoms with E-state index in [-0.39, 0.29) is 30.1 Å². The Kier molecular flexibility index (Phi) is 3.83. The third-order valence-corrected chi connectivity index (χ3v) is 4.23. The largest absolute Gasteiger partial charge is 0.481 e. The molecule has 5 nitrogen and oxygen atoms in total. The smallest absolute Gasteiger partial charge is 0.306 e. The summed E-state index contributed by atoms with van der Waals surface area (Å²) in [4.78, 5) is 26.0. The van der Waals surface area contributed by atoms with Crippen molar-refractivity contribution in [2.45, 2.75) is 31.7 Å². The van der Waals surface area contributed by atoms with Crippen molar-refractivity contribution in [2.24, 2.45) is 5.92 Å². The van der Waals surface area contributed by atoms with Gasteiger partial charge in [0.2, 0.25) is 5.91 Å². The van der Waals surface area contributed by atoms with E-state index < -0.39 is 5.97 Å². The molecule has 0 aliphatic heterocycles. The van der Waals surface area contributed by atoms with Crippen LogP contribution in [-0.4, -0.2) is 28.0 Å². The summed E-state index contributed by atoms with van der Waals surface area (Å²) in [5.74, 6) is -1.62. The number of carboxylic acids is 1. The minimum atomic E-state index is -0.796. The van der Waals surface area contributed by atoms with E-state index in [0.717, 1.165) is 10.9 Å². The Morgan fingerprint density at radius 3 is 2.91 bits per heavy atom. The van der Waals surface area contributed by atoms with Gasteiger partial charge in [0.15, 0.2) is 0 Å². The molecule has 0 bridgehead atoms. The van der Waals surface area contributed by atoms with E-state index in [1.807, 2.05) is 0 Å². The third-order valence-electron chi connectivity index (χ3n) is 4.23. The molecule has 0 saturated heterocycles. The summed E-state index contributed by atoms with van der Waals surface area (Å²) in [5.41, 5.74) is 1.47. The van der Waals surface area contributed by atoms with Gasteiger partial charge < -0.3 is 15.4 Å². The Hall–Kier alpha value is -2.37. The highest BCUT2D eigenvalue weighted by Crippen LogP contribution is 2.26. The molecule has 116 valence electrons. The predicted octanol–water partition coefficient (Wildman–Crippen LogP) is 2.22.